The summed E-state index contributed by atoms with van der Waals surface area (Å²) in [6.45, 7) is 1.68. The number of nitrogens with one attached hydrogen (secondary N) is 2. The molecule has 0 aliphatic carbocycles. The predicted molar refractivity (Wildman–Crippen MR) is 66.8 cm³/mol. The monoisotopic (exact) mass is 284 g/mol. The van der Waals surface area contributed by atoms with Gasteiger partial charge in [0.2, 0.25) is 0 Å². The predicted octanol–water partition coefficient (Wildman–Crippen LogP) is 0.656. The van der Waals surface area contributed by atoms with Crippen molar-refractivity contribution in [2.24, 2.45) is 0 Å². The third-order valence-corrected chi connectivity index (χ3v) is 2.52. The summed E-state index contributed by atoms with van der Waals surface area (Å²) < 4.78 is 9.46. The van der Waals surface area contributed by atoms with Crippen LogP contribution in [0.5, 0.6) is 0 Å². The molecule has 0 aromatic carbocycles. The minimum absolute atomic E-state index is 0.433. The summed E-state index contributed by atoms with van der Waals surface area (Å²) in [5, 5.41) is 13.6. The molecule has 2 atom stereocenters. The average molecular weight is 284 g/mol. The van der Waals surface area contributed by atoms with Crippen molar-refractivity contribution in [2.45, 2.75) is 25.4 Å². The van der Waals surface area contributed by atoms with Gasteiger partial charge in [-0.2, -0.15) is 0 Å². The second-order valence-electron chi connectivity index (χ2n) is 4.03. The maximum atomic E-state index is 11.7. The molecule has 0 radical (unpaired) electrons. The number of amides is 2. The van der Waals surface area contributed by atoms with Gasteiger partial charge in [0, 0.05) is 0 Å². The third kappa shape index (κ3) is 4.63. The number of hydrogen-bond acceptors (Lipinski definition) is 5. The lowest BCUT2D eigenvalue weighted by Crippen LogP contribution is -2.47. The molecule has 1 rings (SSSR count). The van der Waals surface area contributed by atoms with Crippen LogP contribution < -0.4 is 10.6 Å². The Morgan fingerprint density at radius 2 is 2.10 bits per heavy atom. The number of ether oxygens (including phenoxy) is 1. The molecule has 1 aromatic rings. The van der Waals surface area contributed by atoms with Crippen LogP contribution in [0.1, 0.15) is 25.1 Å². The van der Waals surface area contributed by atoms with Gasteiger partial charge in [0.15, 0.2) is 0 Å². The summed E-state index contributed by atoms with van der Waals surface area (Å²) in [6, 6.07) is 0.839. The van der Waals surface area contributed by atoms with E-state index in [2.05, 4.69) is 15.4 Å². The molecule has 1 unspecified atom stereocenters. The van der Waals surface area contributed by atoms with E-state index in [9.17, 15) is 14.4 Å². The van der Waals surface area contributed by atoms with E-state index in [0.717, 1.165) is 7.11 Å². The van der Waals surface area contributed by atoms with Crippen molar-refractivity contribution < 1.29 is 28.6 Å². The normalized spacial score (nSPS) is 13.1. The first-order chi connectivity index (χ1) is 9.43. The number of carbonyl (C=O) groups excluding carboxylic acids is 2. The lowest BCUT2D eigenvalue weighted by molar-refractivity contribution is -0.147. The van der Waals surface area contributed by atoms with Crippen LogP contribution in [0.15, 0.2) is 22.8 Å². The Morgan fingerprint density at radius 1 is 1.40 bits per heavy atom. The molecular formula is C12H16N2O6. The van der Waals surface area contributed by atoms with Gasteiger partial charge in [-0.3, -0.25) is 4.79 Å². The number of aliphatic carboxylic acids is 1. The molecule has 0 saturated heterocycles. The maximum absolute atomic E-state index is 11.7. The van der Waals surface area contributed by atoms with Crippen LogP contribution in [-0.4, -0.2) is 36.2 Å². The number of hydrogen-bond donors (Lipinski definition) is 3. The van der Waals surface area contributed by atoms with E-state index in [-0.39, 0.29) is 0 Å². The van der Waals surface area contributed by atoms with Gasteiger partial charge in [-0.05, 0) is 19.1 Å². The van der Waals surface area contributed by atoms with Crippen LogP contribution in [-0.2, 0) is 14.3 Å². The summed E-state index contributed by atoms with van der Waals surface area (Å²) in [5.74, 6) is -1.52. The van der Waals surface area contributed by atoms with Crippen molar-refractivity contribution in [3.8, 4) is 0 Å². The summed E-state index contributed by atoms with van der Waals surface area (Å²) >= 11 is 0. The van der Waals surface area contributed by atoms with Gasteiger partial charge in [0.1, 0.15) is 11.8 Å². The maximum Gasteiger partial charge on any atom is 0.326 e. The van der Waals surface area contributed by atoms with Gasteiger partial charge < -0.3 is 24.9 Å². The van der Waals surface area contributed by atoms with E-state index in [0.29, 0.717) is 5.76 Å². The van der Waals surface area contributed by atoms with E-state index in [4.69, 9.17) is 9.52 Å². The first kappa shape index (κ1) is 15.5. The Morgan fingerprint density at radius 3 is 2.60 bits per heavy atom. The van der Waals surface area contributed by atoms with E-state index in [1.54, 1.807) is 19.1 Å². The Bertz CT molecular complexity index is 470. The van der Waals surface area contributed by atoms with E-state index in [1.165, 1.54) is 6.26 Å². The summed E-state index contributed by atoms with van der Waals surface area (Å²) in [6.07, 6.45) is 1.01. The fraction of sp³-hybridized carbons (Fsp3) is 0.417. The van der Waals surface area contributed by atoms with Gasteiger partial charge in [0.05, 0.1) is 25.8 Å². The zero-order chi connectivity index (χ0) is 15.1. The summed E-state index contributed by atoms with van der Waals surface area (Å²) in [7, 11) is 1.14. The van der Waals surface area contributed by atoms with Crippen molar-refractivity contribution in [2.75, 3.05) is 7.11 Å². The lowest BCUT2D eigenvalue weighted by atomic mass is 10.2. The number of methoxy groups -OCH3 is 1. The second kappa shape index (κ2) is 7.17. The van der Waals surface area contributed by atoms with Crippen molar-refractivity contribution in [1.82, 2.24) is 10.6 Å². The fourth-order valence-corrected chi connectivity index (χ4v) is 1.46. The molecule has 0 spiro atoms. The molecule has 110 valence electrons. The zero-order valence-electron chi connectivity index (χ0n) is 11.1. The highest BCUT2D eigenvalue weighted by molar-refractivity contribution is 5.86. The van der Waals surface area contributed by atoms with Crippen LogP contribution >= 0.6 is 0 Å². The highest BCUT2D eigenvalue weighted by atomic mass is 16.5. The number of rotatable bonds is 6. The minimum atomic E-state index is -1.36. The van der Waals surface area contributed by atoms with Crippen molar-refractivity contribution in [3.05, 3.63) is 24.2 Å². The standard InChI is InChI=1S/C12H16N2O6/c1-7(9-4-3-5-20-9)13-12(18)14-8(11(16)17)6-10(15)19-2/h3-5,7-8H,6H2,1-2H3,(H,16,17)(H2,13,14,18)/t7?,8-/m0/s1. The molecule has 0 aliphatic rings. The Hall–Kier alpha value is -2.51. The first-order valence-electron chi connectivity index (χ1n) is 5.84. The molecule has 3 N–H and O–H groups in total. The van der Waals surface area contributed by atoms with E-state index < -0.39 is 36.5 Å². The molecule has 8 nitrogen and oxygen atoms in total. The first-order valence-corrected chi connectivity index (χ1v) is 5.84. The Kier molecular flexibility index (Phi) is 5.57. The number of carboxylic acid groups (broad SMARTS) is 1. The molecule has 0 saturated carbocycles. The number of furan rings is 1. The van der Waals surface area contributed by atoms with E-state index in [1.807, 2.05) is 0 Å². The van der Waals surface area contributed by atoms with Crippen LogP contribution in [0.3, 0.4) is 0 Å². The lowest BCUT2D eigenvalue weighted by Gasteiger charge is -2.16. The third-order valence-electron chi connectivity index (χ3n) is 2.52. The molecule has 0 aliphatic heterocycles. The van der Waals surface area contributed by atoms with Crippen LogP contribution in [0.2, 0.25) is 0 Å². The zero-order valence-corrected chi connectivity index (χ0v) is 11.1. The van der Waals surface area contributed by atoms with Crippen molar-refractivity contribution >= 4 is 18.0 Å². The SMILES string of the molecule is COC(=O)C[C@H](NC(=O)NC(C)c1ccco1)C(=O)O. The number of carbonyl (C=O) groups is 3. The summed E-state index contributed by atoms with van der Waals surface area (Å²) in [5.41, 5.74) is 0. The van der Waals surface area contributed by atoms with Gasteiger partial charge in [0.25, 0.3) is 0 Å². The number of carboxylic acids is 1. The molecule has 1 aromatic heterocycles. The Balaban J connectivity index is 2.53. The van der Waals surface area contributed by atoms with Crippen LogP contribution in [0, 0.1) is 0 Å². The topological polar surface area (TPSA) is 118 Å². The molecule has 2 amide bonds. The van der Waals surface area contributed by atoms with Crippen molar-refractivity contribution in [1.29, 1.82) is 0 Å². The number of urea groups is 1. The fourth-order valence-electron chi connectivity index (χ4n) is 1.46. The smallest absolute Gasteiger partial charge is 0.326 e. The summed E-state index contributed by atoms with van der Waals surface area (Å²) in [4.78, 5) is 33.6. The highest BCUT2D eigenvalue weighted by Crippen LogP contribution is 2.11. The van der Waals surface area contributed by atoms with Crippen LogP contribution in [0.4, 0.5) is 4.79 Å². The molecule has 8 heteroatoms. The minimum Gasteiger partial charge on any atom is -0.480 e. The molecule has 20 heavy (non-hydrogen) atoms. The largest absolute Gasteiger partial charge is 0.480 e. The Labute approximate surface area is 115 Å². The second-order valence-corrected chi connectivity index (χ2v) is 4.03. The number of esters is 1. The van der Waals surface area contributed by atoms with Crippen LogP contribution in [0.25, 0.3) is 0 Å². The van der Waals surface area contributed by atoms with Gasteiger partial charge in [-0.25, -0.2) is 9.59 Å². The van der Waals surface area contributed by atoms with Gasteiger partial charge in [-0.15, -0.1) is 0 Å². The van der Waals surface area contributed by atoms with E-state index >= 15 is 0 Å². The quantitative estimate of drug-likeness (QED) is 0.660. The highest BCUT2D eigenvalue weighted by Gasteiger charge is 2.24. The van der Waals surface area contributed by atoms with Crippen molar-refractivity contribution in [3.63, 3.8) is 0 Å². The molecule has 0 bridgehead atoms. The van der Waals surface area contributed by atoms with Gasteiger partial charge in [-0.1, -0.05) is 0 Å². The molecule has 0 fully saturated rings. The molecule has 1 heterocycles. The molecular weight excluding hydrogens is 268 g/mol. The average Bonchev–Trinajstić information content (AvgIpc) is 2.91. The van der Waals surface area contributed by atoms with Gasteiger partial charge >= 0.3 is 18.0 Å².